The highest BCUT2D eigenvalue weighted by Gasteiger charge is 2.26. The fourth-order valence-corrected chi connectivity index (χ4v) is 4.34. The molecule has 0 fully saturated rings. The van der Waals surface area contributed by atoms with Crippen LogP contribution in [0.25, 0.3) is 10.2 Å². The average molecular weight is 319 g/mol. The third kappa shape index (κ3) is 2.67. The molecule has 5 nitrogen and oxygen atoms in total. The molecule has 0 saturated heterocycles. The van der Waals surface area contributed by atoms with Crippen molar-refractivity contribution in [2.75, 3.05) is 5.32 Å². The van der Waals surface area contributed by atoms with Gasteiger partial charge in [0.25, 0.3) is 0 Å². The van der Waals surface area contributed by atoms with Crippen molar-refractivity contribution >= 4 is 33.3 Å². The second-order valence-electron chi connectivity index (χ2n) is 6.21. The fraction of sp³-hybridized carbons (Fsp3) is 0.562. The highest BCUT2D eigenvalue weighted by Crippen LogP contribution is 2.38. The van der Waals surface area contributed by atoms with E-state index in [4.69, 9.17) is 0 Å². The predicted octanol–water partition coefficient (Wildman–Crippen LogP) is 3.40. The summed E-state index contributed by atoms with van der Waals surface area (Å²) in [4.78, 5) is 22.9. The Bertz CT molecular complexity index is 724. The molecule has 0 unspecified atom stereocenters. The van der Waals surface area contributed by atoms with E-state index in [0.717, 1.165) is 23.1 Å². The molecule has 0 spiro atoms. The minimum Gasteiger partial charge on any atom is -0.480 e. The third-order valence-corrected chi connectivity index (χ3v) is 5.34. The Morgan fingerprint density at radius 2 is 2.00 bits per heavy atom. The van der Waals surface area contributed by atoms with Gasteiger partial charge in [0.15, 0.2) is 0 Å². The summed E-state index contributed by atoms with van der Waals surface area (Å²) in [6.07, 6.45) is 4.54. The van der Waals surface area contributed by atoms with E-state index in [9.17, 15) is 9.90 Å². The number of nitrogens with zero attached hydrogens (tertiary/aromatic N) is 2. The Balaban J connectivity index is 2.11. The molecule has 2 aromatic rings. The molecule has 1 aliphatic carbocycles. The van der Waals surface area contributed by atoms with Crippen LogP contribution in [0.15, 0.2) is 0 Å². The van der Waals surface area contributed by atoms with Gasteiger partial charge < -0.3 is 10.4 Å². The van der Waals surface area contributed by atoms with E-state index in [2.05, 4.69) is 15.3 Å². The van der Waals surface area contributed by atoms with Crippen molar-refractivity contribution < 1.29 is 9.90 Å². The first kappa shape index (κ1) is 15.2. The summed E-state index contributed by atoms with van der Waals surface area (Å²) >= 11 is 1.73. The highest BCUT2D eigenvalue weighted by molar-refractivity contribution is 7.19. The lowest BCUT2D eigenvalue weighted by atomic mass is 9.96. The summed E-state index contributed by atoms with van der Waals surface area (Å²) in [6, 6.07) is -0.642. The van der Waals surface area contributed by atoms with Gasteiger partial charge >= 0.3 is 5.97 Å². The third-order valence-electron chi connectivity index (χ3n) is 4.15. The van der Waals surface area contributed by atoms with E-state index in [0.29, 0.717) is 11.6 Å². The fourth-order valence-electron chi connectivity index (χ4n) is 3.03. The number of thiophene rings is 1. The number of hydrogen-bond donors (Lipinski definition) is 2. The predicted molar refractivity (Wildman–Crippen MR) is 88.7 cm³/mol. The quantitative estimate of drug-likeness (QED) is 0.903. The van der Waals surface area contributed by atoms with Crippen LogP contribution in [0, 0.1) is 12.8 Å². The van der Waals surface area contributed by atoms with Crippen LogP contribution in [0.5, 0.6) is 0 Å². The number of aryl methyl sites for hydroxylation is 3. The first-order valence-corrected chi connectivity index (χ1v) is 8.57. The van der Waals surface area contributed by atoms with E-state index in [1.807, 2.05) is 20.8 Å². The molecule has 0 saturated carbocycles. The number of aromatic nitrogens is 2. The number of aliphatic carboxylic acids is 1. The molecule has 2 heterocycles. The number of nitrogens with one attached hydrogen (secondary N) is 1. The number of anilines is 1. The van der Waals surface area contributed by atoms with E-state index in [1.165, 1.54) is 23.3 Å². The van der Waals surface area contributed by atoms with Gasteiger partial charge in [-0.1, -0.05) is 13.8 Å². The van der Waals surface area contributed by atoms with Gasteiger partial charge in [0.1, 0.15) is 22.5 Å². The Morgan fingerprint density at radius 1 is 1.27 bits per heavy atom. The molecule has 0 radical (unpaired) electrons. The summed E-state index contributed by atoms with van der Waals surface area (Å²) in [7, 11) is 0. The Hall–Kier alpha value is -1.69. The number of hydrogen-bond acceptors (Lipinski definition) is 5. The van der Waals surface area contributed by atoms with Crippen molar-refractivity contribution in [3.63, 3.8) is 0 Å². The Morgan fingerprint density at radius 3 is 2.68 bits per heavy atom. The molecule has 2 N–H and O–H groups in total. The molecule has 0 aliphatic heterocycles. The number of carbonyl (C=O) groups is 1. The monoisotopic (exact) mass is 319 g/mol. The van der Waals surface area contributed by atoms with Crippen LogP contribution < -0.4 is 5.32 Å². The van der Waals surface area contributed by atoms with Gasteiger partial charge in [-0.05, 0) is 44.1 Å². The van der Waals surface area contributed by atoms with Crippen LogP contribution >= 0.6 is 11.3 Å². The van der Waals surface area contributed by atoms with E-state index < -0.39 is 12.0 Å². The molecular formula is C16H21N3O2S. The molecule has 118 valence electrons. The largest absolute Gasteiger partial charge is 0.480 e. The smallest absolute Gasteiger partial charge is 0.326 e. The molecular weight excluding hydrogens is 298 g/mol. The minimum absolute atomic E-state index is 0.0164. The summed E-state index contributed by atoms with van der Waals surface area (Å²) in [5.74, 6) is 0.505. The molecule has 0 amide bonds. The number of fused-ring (bicyclic) bond motifs is 3. The first-order valence-electron chi connectivity index (χ1n) is 7.75. The zero-order valence-electron chi connectivity index (χ0n) is 13.1. The lowest BCUT2D eigenvalue weighted by Crippen LogP contribution is -2.34. The molecule has 0 aromatic carbocycles. The minimum atomic E-state index is -0.844. The van der Waals surface area contributed by atoms with Gasteiger partial charge in [-0.2, -0.15) is 0 Å². The van der Waals surface area contributed by atoms with E-state index in [1.54, 1.807) is 11.3 Å². The molecule has 1 aliphatic rings. The van der Waals surface area contributed by atoms with Gasteiger partial charge in [-0.25, -0.2) is 14.8 Å². The molecule has 2 aromatic heterocycles. The molecule has 3 rings (SSSR count). The van der Waals surface area contributed by atoms with Crippen molar-refractivity contribution in [3.8, 4) is 0 Å². The highest BCUT2D eigenvalue weighted by atomic mass is 32.1. The second kappa shape index (κ2) is 5.83. The molecule has 1 atom stereocenters. The summed E-state index contributed by atoms with van der Waals surface area (Å²) in [6.45, 7) is 5.66. The Labute approximate surface area is 133 Å². The summed E-state index contributed by atoms with van der Waals surface area (Å²) in [5.41, 5.74) is 1.32. The van der Waals surface area contributed by atoms with Crippen LogP contribution in [0.3, 0.4) is 0 Å². The van der Waals surface area contributed by atoms with Crippen LogP contribution in [0.2, 0.25) is 0 Å². The lowest BCUT2D eigenvalue weighted by molar-refractivity contribution is -0.138. The van der Waals surface area contributed by atoms with Crippen LogP contribution in [-0.2, 0) is 17.6 Å². The maximum atomic E-state index is 11.5. The topological polar surface area (TPSA) is 75.1 Å². The maximum Gasteiger partial charge on any atom is 0.326 e. The standard InChI is InChI=1S/C16H21N3O2S/c1-8(2)13(16(20)21)19-14-12-10-6-4-5-7-11(10)22-15(12)18-9(3)17-14/h8,13H,4-7H2,1-3H3,(H,20,21)(H,17,18,19)/t13-/m0/s1. The van der Waals surface area contributed by atoms with Crippen LogP contribution in [0.4, 0.5) is 5.82 Å². The Kier molecular flexibility index (Phi) is 4.04. The number of rotatable bonds is 4. The van der Waals surface area contributed by atoms with Gasteiger partial charge in [0, 0.05) is 4.88 Å². The number of carboxylic acids is 1. The molecule has 0 bridgehead atoms. The van der Waals surface area contributed by atoms with Gasteiger partial charge in [0.05, 0.1) is 5.39 Å². The van der Waals surface area contributed by atoms with Crippen molar-refractivity contribution in [1.82, 2.24) is 9.97 Å². The van der Waals surface area contributed by atoms with Gasteiger partial charge in [-0.15, -0.1) is 11.3 Å². The SMILES string of the molecule is Cc1nc(N[C@H](C(=O)O)C(C)C)c2c3c(sc2n1)CCCC3. The van der Waals surface area contributed by atoms with Crippen LogP contribution in [0.1, 0.15) is 43.0 Å². The van der Waals surface area contributed by atoms with Crippen molar-refractivity contribution in [2.24, 2.45) is 5.92 Å². The van der Waals surface area contributed by atoms with Crippen molar-refractivity contribution in [3.05, 3.63) is 16.3 Å². The van der Waals surface area contributed by atoms with Crippen molar-refractivity contribution in [1.29, 1.82) is 0 Å². The van der Waals surface area contributed by atoms with Crippen molar-refractivity contribution in [2.45, 2.75) is 52.5 Å². The molecule has 6 heteroatoms. The van der Waals surface area contributed by atoms with E-state index in [-0.39, 0.29) is 5.92 Å². The second-order valence-corrected chi connectivity index (χ2v) is 7.30. The molecule has 22 heavy (non-hydrogen) atoms. The number of carboxylic acid groups (broad SMARTS) is 1. The van der Waals surface area contributed by atoms with Crippen LogP contribution in [-0.4, -0.2) is 27.1 Å². The zero-order chi connectivity index (χ0) is 15.9. The van der Waals surface area contributed by atoms with E-state index >= 15 is 0 Å². The summed E-state index contributed by atoms with van der Waals surface area (Å²) < 4.78 is 0. The average Bonchev–Trinajstić information content (AvgIpc) is 2.81. The maximum absolute atomic E-state index is 11.5. The summed E-state index contributed by atoms with van der Waals surface area (Å²) in [5, 5.41) is 13.6. The first-order chi connectivity index (χ1) is 10.5. The van der Waals surface area contributed by atoms with Gasteiger partial charge in [-0.3, -0.25) is 0 Å². The normalized spacial score (nSPS) is 15.8. The van der Waals surface area contributed by atoms with Gasteiger partial charge in [0.2, 0.25) is 0 Å². The lowest BCUT2D eigenvalue weighted by Gasteiger charge is -2.20. The zero-order valence-corrected chi connectivity index (χ0v) is 14.0.